The first-order valence-electron chi connectivity index (χ1n) is 18.9. The molecule has 0 N–H and O–H groups in total. The zero-order chi connectivity index (χ0) is 35.4. The van der Waals surface area contributed by atoms with E-state index in [-0.39, 0.29) is 0 Å². The number of hydrogen-bond acceptors (Lipinski definition) is 1. The molecule has 1 heteroatoms. The lowest BCUT2D eigenvalue weighted by Crippen LogP contribution is -2.28. The second-order valence-corrected chi connectivity index (χ2v) is 14.7. The minimum Gasteiger partial charge on any atom is -0.309 e. The zero-order valence-electron chi connectivity index (χ0n) is 29.5. The van der Waals surface area contributed by atoms with Crippen molar-refractivity contribution in [2.45, 2.75) is 5.41 Å². The zero-order valence-corrected chi connectivity index (χ0v) is 29.5. The molecular weight excluding hydrogens is 651 g/mol. The maximum Gasteiger partial charge on any atom is 0.0746 e. The first kappa shape index (κ1) is 29.6. The maximum absolute atomic E-state index is 2.57. The summed E-state index contributed by atoms with van der Waals surface area (Å²) in [5.41, 5.74) is 21.2. The minimum atomic E-state index is -0.488. The maximum atomic E-state index is 2.57. The van der Waals surface area contributed by atoms with Crippen molar-refractivity contribution >= 4 is 27.8 Å². The largest absolute Gasteiger partial charge is 0.309 e. The molecular formula is C53H33N. The summed E-state index contributed by atoms with van der Waals surface area (Å²) in [5, 5.41) is 2.59. The standard InChI is InChI=1S/C53H33N/c1-2-14-34(15-3-1)35-28-31-37(32-29-35)54(48-33-30-36-16-12-22-42-38-17-4-5-21-43(38)51(48)50(36)42)49-27-13-23-44-41-20-8-11-26-47(41)53(52(44)49)45-24-9-6-18-39(45)40-19-7-10-25-46(40)53/h1-33H. The minimum absolute atomic E-state index is 0.488. The third-order valence-corrected chi connectivity index (χ3v) is 12.2. The van der Waals surface area contributed by atoms with Crippen LogP contribution in [0.1, 0.15) is 22.3 Å². The van der Waals surface area contributed by atoms with Gasteiger partial charge < -0.3 is 4.90 Å². The Morgan fingerprint density at radius 1 is 0.315 bits per heavy atom. The van der Waals surface area contributed by atoms with E-state index in [9.17, 15) is 0 Å². The fraction of sp³-hybridized carbons (Fsp3) is 0.0189. The Balaban J connectivity index is 1.21. The van der Waals surface area contributed by atoms with Crippen molar-refractivity contribution in [2.75, 3.05) is 4.90 Å². The molecule has 3 aliphatic carbocycles. The third-order valence-electron chi connectivity index (χ3n) is 12.2. The SMILES string of the molecule is c1ccc(-c2ccc(N(c3cccc4c3C3(c5ccccc5-c5ccccc53)c3ccccc3-4)c3ccc4cccc5c4c3-c3ccccc3-5)cc2)cc1. The van der Waals surface area contributed by atoms with Crippen molar-refractivity contribution < 1.29 is 0 Å². The Labute approximate surface area is 315 Å². The van der Waals surface area contributed by atoms with Gasteiger partial charge in [0.2, 0.25) is 0 Å². The fourth-order valence-corrected chi connectivity index (χ4v) is 10.1. The van der Waals surface area contributed by atoms with Gasteiger partial charge in [0.15, 0.2) is 0 Å². The highest BCUT2D eigenvalue weighted by Gasteiger charge is 2.53. The Morgan fingerprint density at radius 2 is 0.833 bits per heavy atom. The average molecular weight is 684 g/mol. The monoisotopic (exact) mass is 683 g/mol. The highest BCUT2D eigenvalue weighted by molar-refractivity contribution is 6.20. The third kappa shape index (κ3) is 3.78. The van der Waals surface area contributed by atoms with Crippen LogP contribution in [0.5, 0.6) is 0 Å². The summed E-state index contributed by atoms with van der Waals surface area (Å²) >= 11 is 0. The lowest BCUT2D eigenvalue weighted by molar-refractivity contribution is 0.793. The van der Waals surface area contributed by atoms with E-state index < -0.39 is 5.41 Å². The molecule has 0 bridgehead atoms. The number of hydrogen-bond donors (Lipinski definition) is 0. The van der Waals surface area contributed by atoms with Crippen molar-refractivity contribution in [3.8, 4) is 55.6 Å². The molecule has 3 aliphatic rings. The second-order valence-electron chi connectivity index (χ2n) is 14.7. The first-order valence-corrected chi connectivity index (χ1v) is 18.9. The predicted molar refractivity (Wildman–Crippen MR) is 225 cm³/mol. The van der Waals surface area contributed by atoms with Crippen LogP contribution in [0.2, 0.25) is 0 Å². The molecule has 54 heavy (non-hydrogen) atoms. The van der Waals surface area contributed by atoms with Gasteiger partial charge in [-0.3, -0.25) is 0 Å². The second kappa shape index (κ2) is 11.0. The van der Waals surface area contributed by atoms with Crippen LogP contribution < -0.4 is 4.90 Å². The number of fused-ring (bicyclic) bond motifs is 13. The Hall–Kier alpha value is -6.96. The Morgan fingerprint density at radius 3 is 1.52 bits per heavy atom. The van der Waals surface area contributed by atoms with Crippen molar-refractivity contribution in [1.29, 1.82) is 0 Å². The summed E-state index contributed by atoms with van der Waals surface area (Å²) in [5.74, 6) is 0. The summed E-state index contributed by atoms with van der Waals surface area (Å²) in [6, 6.07) is 74.5. The van der Waals surface area contributed by atoms with Gasteiger partial charge in [0.1, 0.15) is 0 Å². The highest BCUT2D eigenvalue weighted by atomic mass is 15.1. The molecule has 0 saturated carbocycles. The van der Waals surface area contributed by atoms with Gasteiger partial charge in [0.25, 0.3) is 0 Å². The lowest BCUT2D eigenvalue weighted by Gasteiger charge is -2.36. The van der Waals surface area contributed by atoms with Crippen LogP contribution in [-0.2, 0) is 5.41 Å². The van der Waals surface area contributed by atoms with Gasteiger partial charge >= 0.3 is 0 Å². The van der Waals surface area contributed by atoms with Crippen molar-refractivity contribution in [1.82, 2.24) is 0 Å². The van der Waals surface area contributed by atoms with E-state index in [0.29, 0.717) is 0 Å². The summed E-state index contributed by atoms with van der Waals surface area (Å²) < 4.78 is 0. The molecule has 12 rings (SSSR count). The van der Waals surface area contributed by atoms with E-state index >= 15 is 0 Å². The quantitative estimate of drug-likeness (QED) is 0.178. The molecule has 250 valence electrons. The number of anilines is 3. The summed E-state index contributed by atoms with van der Waals surface area (Å²) in [7, 11) is 0. The fourth-order valence-electron chi connectivity index (χ4n) is 10.1. The van der Waals surface area contributed by atoms with Crippen LogP contribution in [0.25, 0.3) is 66.4 Å². The molecule has 0 fully saturated rings. The summed E-state index contributed by atoms with van der Waals surface area (Å²) in [6.45, 7) is 0. The molecule has 0 amide bonds. The molecule has 0 saturated heterocycles. The van der Waals surface area contributed by atoms with Crippen molar-refractivity contribution in [3.05, 3.63) is 222 Å². The lowest BCUT2D eigenvalue weighted by atomic mass is 9.70. The smallest absolute Gasteiger partial charge is 0.0746 e. The van der Waals surface area contributed by atoms with Gasteiger partial charge in [-0.2, -0.15) is 0 Å². The Bertz CT molecular complexity index is 2930. The van der Waals surface area contributed by atoms with E-state index in [1.807, 2.05) is 0 Å². The van der Waals surface area contributed by atoms with E-state index in [1.54, 1.807) is 0 Å². The predicted octanol–water partition coefficient (Wildman–Crippen LogP) is 14.0. The van der Waals surface area contributed by atoms with E-state index in [2.05, 4.69) is 205 Å². The van der Waals surface area contributed by atoms with Gasteiger partial charge in [0, 0.05) is 16.8 Å². The van der Waals surface area contributed by atoms with E-state index in [0.717, 1.165) is 5.69 Å². The van der Waals surface area contributed by atoms with Crippen LogP contribution in [0, 0.1) is 0 Å². The molecule has 0 unspecified atom stereocenters. The summed E-state index contributed by atoms with van der Waals surface area (Å²) in [6.07, 6.45) is 0. The average Bonchev–Trinajstić information content (AvgIpc) is 3.86. The number of nitrogens with zero attached hydrogens (tertiary/aromatic N) is 1. The molecule has 1 spiro atoms. The van der Waals surface area contributed by atoms with E-state index in [1.165, 1.54) is 100 Å². The van der Waals surface area contributed by atoms with Gasteiger partial charge in [-0.15, -0.1) is 0 Å². The molecule has 0 radical (unpaired) electrons. The molecule has 9 aromatic rings. The number of rotatable bonds is 4. The molecule has 0 heterocycles. The van der Waals surface area contributed by atoms with Crippen LogP contribution in [-0.4, -0.2) is 0 Å². The van der Waals surface area contributed by atoms with Gasteiger partial charge in [-0.05, 0) is 102 Å². The topological polar surface area (TPSA) is 3.24 Å². The molecule has 0 aromatic heterocycles. The van der Waals surface area contributed by atoms with Crippen LogP contribution >= 0.6 is 0 Å². The van der Waals surface area contributed by atoms with E-state index in [4.69, 9.17) is 0 Å². The molecule has 0 atom stereocenters. The van der Waals surface area contributed by atoms with Crippen LogP contribution in [0.3, 0.4) is 0 Å². The van der Waals surface area contributed by atoms with Crippen molar-refractivity contribution in [3.63, 3.8) is 0 Å². The van der Waals surface area contributed by atoms with Crippen molar-refractivity contribution in [2.24, 2.45) is 0 Å². The first-order chi connectivity index (χ1) is 26.8. The number of benzene rings is 9. The Kier molecular flexibility index (Phi) is 6.04. The summed E-state index contributed by atoms with van der Waals surface area (Å²) in [4.78, 5) is 2.57. The normalized spacial score (nSPS) is 13.3. The van der Waals surface area contributed by atoms with Crippen LogP contribution in [0.15, 0.2) is 200 Å². The molecule has 9 aromatic carbocycles. The van der Waals surface area contributed by atoms with Crippen LogP contribution in [0.4, 0.5) is 17.1 Å². The molecule has 0 aliphatic heterocycles. The highest BCUT2D eigenvalue weighted by Crippen LogP contribution is 2.66. The van der Waals surface area contributed by atoms with Gasteiger partial charge in [0.05, 0.1) is 16.8 Å². The van der Waals surface area contributed by atoms with Gasteiger partial charge in [-0.25, -0.2) is 0 Å². The molecule has 1 nitrogen and oxygen atoms in total. The van der Waals surface area contributed by atoms with Gasteiger partial charge in [-0.1, -0.05) is 176 Å².